The highest BCUT2D eigenvalue weighted by Crippen LogP contribution is 2.37. The molecule has 9 heteroatoms. The number of benzene rings is 2. The summed E-state index contributed by atoms with van der Waals surface area (Å²) in [5, 5.41) is 16.1. The molecule has 0 aromatic heterocycles. The summed E-state index contributed by atoms with van der Waals surface area (Å²) in [6, 6.07) is 13.2. The number of carbonyl (C=O) groups is 5. The minimum Gasteiger partial charge on any atom is -0.388 e. The maximum atomic E-state index is 13.3. The molecule has 1 saturated heterocycles. The lowest BCUT2D eigenvalue weighted by molar-refractivity contribution is -0.136. The Kier molecular flexibility index (Phi) is 6.01. The predicted molar refractivity (Wildman–Crippen MR) is 129 cm³/mol. The third-order valence-electron chi connectivity index (χ3n) is 7.04. The number of carbonyl (C=O) groups excluding carboxylic acids is 5. The van der Waals surface area contributed by atoms with Crippen molar-refractivity contribution in [3.05, 3.63) is 76.5 Å². The number of piperidine rings is 1. The first kappa shape index (κ1) is 23.6. The molecule has 1 saturated carbocycles. The van der Waals surface area contributed by atoms with Crippen LogP contribution in [0.15, 0.2) is 59.8 Å². The first-order valence-corrected chi connectivity index (χ1v) is 11.8. The van der Waals surface area contributed by atoms with Gasteiger partial charge in [0.15, 0.2) is 5.78 Å². The minimum absolute atomic E-state index is 0.0318. The quantitative estimate of drug-likeness (QED) is 0.445. The van der Waals surface area contributed by atoms with Gasteiger partial charge in [-0.15, -0.1) is 0 Å². The van der Waals surface area contributed by atoms with Crippen LogP contribution in [0.3, 0.4) is 0 Å². The number of hydrogen-bond donors (Lipinski definition) is 3. The molecule has 3 N–H and O–H groups in total. The van der Waals surface area contributed by atoms with Gasteiger partial charge >= 0.3 is 0 Å². The third-order valence-corrected chi connectivity index (χ3v) is 7.04. The maximum Gasteiger partial charge on any atom is 0.264 e. The van der Waals surface area contributed by atoms with Crippen LogP contribution in [0.1, 0.15) is 64.8 Å². The molecule has 0 bridgehead atoms. The van der Waals surface area contributed by atoms with Crippen LogP contribution in [0.25, 0.3) is 0 Å². The van der Waals surface area contributed by atoms with Crippen molar-refractivity contribution in [2.45, 2.75) is 50.7 Å². The highest BCUT2D eigenvalue weighted by Gasteiger charge is 2.45. The maximum absolute atomic E-state index is 13.3. The highest BCUT2D eigenvalue weighted by atomic mass is 16.3. The number of aliphatic hydroxyl groups is 1. The lowest BCUT2D eigenvalue weighted by Crippen LogP contribution is -2.54. The molecule has 3 unspecified atom stereocenters. The van der Waals surface area contributed by atoms with Crippen molar-refractivity contribution in [2.24, 2.45) is 0 Å². The van der Waals surface area contributed by atoms with Gasteiger partial charge in [0.05, 0.1) is 22.9 Å². The predicted octanol–water partition coefficient (Wildman–Crippen LogP) is 2.28. The summed E-state index contributed by atoms with van der Waals surface area (Å²) in [6.07, 6.45) is -0.256. The SMILES string of the molecule is C/C(Nc1cccc2c1C(=O)N(C1CCC(=O)NC1=O)C2=O)=C1/C(=O)CC(c2ccccc2)CC1O. The zero-order valence-corrected chi connectivity index (χ0v) is 19.6. The summed E-state index contributed by atoms with van der Waals surface area (Å²) >= 11 is 0. The first-order valence-electron chi connectivity index (χ1n) is 11.8. The van der Waals surface area contributed by atoms with Crippen molar-refractivity contribution in [1.82, 2.24) is 10.2 Å². The fourth-order valence-corrected chi connectivity index (χ4v) is 5.32. The zero-order valence-electron chi connectivity index (χ0n) is 19.6. The van der Waals surface area contributed by atoms with Crippen molar-refractivity contribution in [3.8, 4) is 0 Å². The summed E-state index contributed by atoms with van der Waals surface area (Å²) in [6.45, 7) is 1.65. The van der Waals surface area contributed by atoms with Gasteiger partial charge in [-0.3, -0.25) is 34.2 Å². The number of rotatable bonds is 4. The van der Waals surface area contributed by atoms with Crippen molar-refractivity contribution in [2.75, 3.05) is 5.32 Å². The topological polar surface area (TPSA) is 133 Å². The first-order chi connectivity index (χ1) is 17.3. The number of allylic oxidation sites excluding steroid dienone is 1. The zero-order chi connectivity index (χ0) is 25.6. The summed E-state index contributed by atoms with van der Waals surface area (Å²) in [5.74, 6) is -2.66. The Labute approximate surface area is 207 Å². The molecule has 3 atom stereocenters. The Balaban J connectivity index is 1.41. The molecule has 3 aliphatic rings. The van der Waals surface area contributed by atoms with E-state index in [1.165, 1.54) is 6.07 Å². The van der Waals surface area contributed by atoms with E-state index in [9.17, 15) is 29.1 Å². The molecule has 5 rings (SSSR count). The molecular weight excluding hydrogens is 462 g/mol. The van der Waals surface area contributed by atoms with Gasteiger partial charge in [-0.25, -0.2) is 0 Å². The molecule has 1 aliphatic carbocycles. The van der Waals surface area contributed by atoms with Crippen LogP contribution in [0.2, 0.25) is 0 Å². The van der Waals surface area contributed by atoms with Crippen molar-refractivity contribution in [3.63, 3.8) is 0 Å². The van der Waals surface area contributed by atoms with Gasteiger partial charge in [0.25, 0.3) is 11.8 Å². The molecule has 2 heterocycles. The number of fused-ring (bicyclic) bond motifs is 1. The van der Waals surface area contributed by atoms with Gasteiger partial charge in [0.2, 0.25) is 11.8 Å². The number of hydrogen-bond acceptors (Lipinski definition) is 7. The fourth-order valence-electron chi connectivity index (χ4n) is 5.32. The van der Waals surface area contributed by atoms with E-state index < -0.39 is 35.8 Å². The Hall–Kier alpha value is -4.11. The van der Waals surface area contributed by atoms with Crippen LogP contribution in [0.5, 0.6) is 0 Å². The van der Waals surface area contributed by atoms with E-state index in [4.69, 9.17) is 0 Å². The molecular formula is C27H25N3O6. The smallest absolute Gasteiger partial charge is 0.264 e. The lowest BCUT2D eigenvalue weighted by atomic mass is 9.78. The molecule has 184 valence electrons. The number of ketones is 1. The lowest BCUT2D eigenvalue weighted by Gasteiger charge is -2.29. The molecule has 2 aromatic carbocycles. The molecule has 36 heavy (non-hydrogen) atoms. The molecule has 4 amide bonds. The van der Waals surface area contributed by atoms with Crippen LogP contribution in [-0.4, -0.2) is 51.6 Å². The Morgan fingerprint density at radius 2 is 1.75 bits per heavy atom. The number of imide groups is 2. The van der Waals surface area contributed by atoms with Crippen LogP contribution in [0.4, 0.5) is 5.69 Å². The van der Waals surface area contributed by atoms with Gasteiger partial charge in [0.1, 0.15) is 6.04 Å². The molecule has 2 fully saturated rings. The van der Waals surface area contributed by atoms with Crippen molar-refractivity contribution < 1.29 is 29.1 Å². The van der Waals surface area contributed by atoms with Crippen LogP contribution in [0, 0.1) is 0 Å². The molecule has 0 spiro atoms. The van der Waals surface area contributed by atoms with Crippen LogP contribution >= 0.6 is 0 Å². The number of nitrogens with zero attached hydrogens (tertiary/aromatic N) is 1. The van der Waals surface area contributed by atoms with Crippen LogP contribution in [-0.2, 0) is 14.4 Å². The molecule has 2 aromatic rings. The average Bonchev–Trinajstić information content (AvgIpc) is 3.10. The molecule has 9 nitrogen and oxygen atoms in total. The fraction of sp³-hybridized carbons (Fsp3) is 0.296. The van der Waals surface area contributed by atoms with Gasteiger partial charge in [-0.2, -0.15) is 0 Å². The van der Waals surface area contributed by atoms with E-state index in [1.54, 1.807) is 19.1 Å². The Morgan fingerprint density at radius 1 is 1.00 bits per heavy atom. The average molecular weight is 488 g/mol. The number of nitrogens with one attached hydrogen (secondary N) is 2. The third kappa shape index (κ3) is 4.01. The largest absolute Gasteiger partial charge is 0.388 e. The summed E-state index contributed by atoms with van der Waals surface area (Å²) in [5.41, 5.74) is 2.16. The summed E-state index contributed by atoms with van der Waals surface area (Å²) in [4.78, 5) is 64.1. The van der Waals surface area contributed by atoms with E-state index in [1.807, 2.05) is 30.3 Å². The van der Waals surface area contributed by atoms with Gasteiger partial charge < -0.3 is 10.4 Å². The van der Waals surface area contributed by atoms with Crippen molar-refractivity contribution >= 4 is 35.1 Å². The second kappa shape index (κ2) is 9.16. The van der Waals surface area contributed by atoms with E-state index >= 15 is 0 Å². The minimum atomic E-state index is -1.07. The molecule has 2 aliphatic heterocycles. The van der Waals surface area contributed by atoms with Gasteiger partial charge in [-0.1, -0.05) is 36.4 Å². The second-order valence-electron chi connectivity index (χ2n) is 9.33. The normalized spacial score (nSPS) is 25.6. The van der Waals surface area contributed by atoms with Crippen molar-refractivity contribution in [1.29, 1.82) is 0 Å². The van der Waals surface area contributed by atoms with Gasteiger partial charge in [-0.05, 0) is 43.4 Å². The summed E-state index contributed by atoms with van der Waals surface area (Å²) < 4.78 is 0. The van der Waals surface area contributed by atoms with Gasteiger partial charge in [0, 0.05) is 24.1 Å². The summed E-state index contributed by atoms with van der Waals surface area (Å²) in [7, 11) is 0. The highest BCUT2D eigenvalue weighted by molar-refractivity contribution is 6.25. The number of amides is 4. The molecule has 0 radical (unpaired) electrons. The Morgan fingerprint density at radius 3 is 2.44 bits per heavy atom. The van der Waals surface area contributed by atoms with E-state index in [2.05, 4.69) is 10.6 Å². The monoisotopic (exact) mass is 487 g/mol. The number of aliphatic hydroxyl groups excluding tert-OH is 1. The van der Waals surface area contributed by atoms with E-state index in [0.717, 1.165) is 10.5 Å². The van der Waals surface area contributed by atoms with E-state index in [-0.39, 0.29) is 47.7 Å². The second-order valence-corrected chi connectivity index (χ2v) is 9.33. The standard InChI is InChI=1S/C27H25N3O6/c1-14(23-20(31)12-16(13-21(23)32)15-6-3-2-4-7-15)28-18-9-5-8-17-24(18)27(36)30(26(17)35)19-10-11-22(33)29-25(19)34/h2-9,16,19-20,28,31H,10-13H2,1H3,(H,29,33,34)/b23-14-. The Bertz CT molecular complexity index is 1330. The number of anilines is 1. The van der Waals surface area contributed by atoms with E-state index in [0.29, 0.717) is 17.8 Å². The van der Waals surface area contributed by atoms with Crippen LogP contribution < -0.4 is 10.6 Å². The number of Topliss-reactive ketones (excluding diaryl/α,β-unsaturated/α-hetero) is 1.